The van der Waals surface area contributed by atoms with E-state index in [2.05, 4.69) is 17.4 Å². The highest BCUT2D eigenvalue weighted by Gasteiger charge is 2.13. The average Bonchev–Trinajstić information content (AvgIpc) is 2.52. The molecule has 0 radical (unpaired) electrons. The predicted octanol–water partition coefficient (Wildman–Crippen LogP) is 3.45. The number of rotatable bonds is 7. The van der Waals surface area contributed by atoms with E-state index in [4.69, 9.17) is 0 Å². The first-order chi connectivity index (χ1) is 10.2. The molecule has 0 spiro atoms. The van der Waals surface area contributed by atoms with Crippen molar-refractivity contribution in [2.24, 2.45) is 0 Å². The van der Waals surface area contributed by atoms with Gasteiger partial charge in [-0.1, -0.05) is 30.3 Å². The van der Waals surface area contributed by atoms with Crippen molar-refractivity contribution in [1.82, 2.24) is 0 Å². The smallest absolute Gasteiger partial charge is 0.293 e. The maximum Gasteiger partial charge on any atom is 0.293 e. The van der Waals surface area contributed by atoms with E-state index in [1.165, 1.54) is 11.6 Å². The number of hydrogen-bond donors (Lipinski definition) is 1. The third kappa shape index (κ3) is 4.14. The number of aryl methyl sites for hydroxylation is 1. The van der Waals surface area contributed by atoms with E-state index in [0.717, 1.165) is 12.8 Å². The Labute approximate surface area is 122 Å². The van der Waals surface area contributed by atoms with Gasteiger partial charge in [-0.05, 0) is 30.5 Å². The first-order valence-corrected chi connectivity index (χ1v) is 6.72. The Kier molecular flexibility index (Phi) is 5.04. The molecule has 5 heteroatoms. The minimum Gasteiger partial charge on any atom is -0.379 e. The van der Waals surface area contributed by atoms with Gasteiger partial charge in [-0.15, -0.1) is 0 Å². The van der Waals surface area contributed by atoms with Crippen molar-refractivity contribution in [1.29, 1.82) is 0 Å². The lowest BCUT2D eigenvalue weighted by Crippen LogP contribution is -2.05. The minimum absolute atomic E-state index is 0.0701. The number of hydrogen-bond acceptors (Lipinski definition) is 4. The molecule has 5 nitrogen and oxygen atoms in total. The SMILES string of the molecule is O=Cc1ccc(NCCCc2ccccc2)c([N+](=O)[O-])c1. The maximum atomic E-state index is 11.0. The monoisotopic (exact) mass is 284 g/mol. The van der Waals surface area contributed by atoms with Crippen LogP contribution in [0.2, 0.25) is 0 Å². The highest BCUT2D eigenvalue weighted by molar-refractivity contribution is 5.79. The van der Waals surface area contributed by atoms with Gasteiger partial charge in [-0.3, -0.25) is 14.9 Å². The summed E-state index contributed by atoms with van der Waals surface area (Å²) < 4.78 is 0. The van der Waals surface area contributed by atoms with Gasteiger partial charge in [0.05, 0.1) is 4.92 Å². The van der Waals surface area contributed by atoms with Crippen molar-refractivity contribution in [3.63, 3.8) is 0 Å². The molecule has 0 aliphatic rings. The lowest BCUT2D eigenvalue weighted by Gasteiger charge is -2.07. The highest BCUT2D eigenvalue weighted by atomic mass is 16.6. The summed E-state index contributed by atoms with van der Waals surface area (Å²) >= 11 is 0. The van der Waals surface area contributed by atoms with Crippen LogP contribution in [0.4, 0.5) is 11.4 Å². The number of benzene rings is 2. The number of carbonyl (C=O) groups is 1. The summed E-state index contributed by atoms with van der Waals surface area (Å²) in [4.78, 5) is 21.2. The molecule has 108 valence electrons. The molecular weight excluding hydrogens is 268 g/mol. The number of anilines is 1. The van der Waals surface area contributed by atoms with Crippen molar-refractivity contribution in [3.05, 3.63) is 69.8 Å². The summed E-state index contributed by atoms with van der Waals surface area (Å²) in [5.74, 6) is 0. The lowest BCUT2D eigenvalue weighted by atomic mass is 10.1. The number of carbonyl (C=O) groups excluding carboxylic acids is 1. The van der Waals surface area contributed by atoms with Gasteiger partial charge in [0.2, 0.25) is 0 Å². The Morgan fingerprint density at radius 2 is 1.90 bits per heavy atom. The standard InChI is InChI=1S/C16H16N2O3/c19-12-14-8-9-15(16(11-14)18(20)21)17-10-4-7-13-5-2-1-3-6-13/h1-3,5-6,8-9,11-12,17H,4,7,10H2. The molecule has 0 saturated heterocycles. The summed E-state index contributed by atoms with van der Waals surface area (Å²) in [7, 11) is 0. The minimum atomic E-state index is -0.480. The molecule has 0 fully saturated rings. The molecule has 21 heavy (non-hydrogen) atoms. The molecule has 0 aliphatic heterocycles. The topological polar surface area (TPSA) is 72.2 Å². The number of nitro benzene ring substituents is 1. The second kappa shape index (κ2) is 7.19. The average molecular weight is 284 g/mol. The summed E-state index contributed by atoms with van der Waals surface area (Å²) in [5.41, 5.74) is 1.92. The molecular formula is C16H16N2O3. The van der Waals surface area contributed by atoms with Gasteiger partial charge >= 0.3 is 0 Å². The van der Waals surface area contributed by atoms with Crippen LogP contribution in [0.3, 0.4) is 0 Å². The van der Waals surface area contributed by atoms with Crippen molar-refractivity contribution < 1.29 is 9.72 Å². The normalized spacial score (nSPS) is 10.1. The van der Waals surface area contributed by atoms with Crippen LogP contribution in [-0.4, -0.2) is 17.8 Å². The van der Waals surface area contributed by atoms with Crippen LogP contribution in [-0.2, 0) is 6.42 Å². The fourth-order valence-electron chi connectivity index (χ4n) is 2.08. The molecule has 2 rings (SSSR count). The van der Waals surface area contributed by atoms with Crippen molar-refractivity contribution >= 4 is 17.7 Å². The Morgan fingerprint density at radius 1 is 1.14 bits per heavy atom. The van der Waals surface area contributed by atoms with Gasteiger partial charge in [0.1, 0.15) is 12.0 Å². The first-order valence-electron chi connectivity index (χ1n) is 6.72. The van der Waals surface area contributed by atoms with Gasteiger partial charge in [0, 0.05) is 18.2 Å². The van der Waals surface area contributed by atoms with Crippen molar-refractivity contribution in [3.8, 4) is 0 Å². The van der Waals surface area contributed by atoms with E-state index in [-0.39, 0.29) is 5.69 Å². The van der Waals surface area contributed by atoms with Gasteiger partial charge in [0.15, 0.2) is 0 Å². The van der Waals surface area contributed by atoms with Crippen LogP contribution in [0.25, 0.3) is 0 Å². The van der Waals surface area contributed by atoms with E-state index in [1.54, 1.807) is 12.1 Å². The van der Waals surface area contributed by atoms with Gasteiger partial charge in [0.25, 0.3) is 5.69 Å². The van der Waals surface area contributed by atoms with Gasteiger partial charge in [-0.2, -0.15) is 0 Å². The van der Waals surface area contributed by atoms with Crippen LogP contribution < -0.4 is 5.32 Å². The van der Waals surface area contributed by atoms with Crippen LogP contribution in [0.15, 0.2) is 48.5 Å². The largest absolute Gasteiger partial charge is 0.379 e. The molecule has 0 heterocycles. The molecule has 2 aromatic rings. The molecule has 0 unspecified atom stereocenters. The zero-order valence-electron chi connectivity index (χ0n) is 11.5. The quantitative estimate of drug-likeness (QED) is 0.366. The van der Waals surface area contributed by atoms with E-state index < -0.39 is 4.92 Å². The zero-order valence-corrected chi connectivity index (χ0v) is 11.5. The van der Waals surface area contributed by atoms with E-state index >= 15 is 0 Å². The molecule has 1 N–H and O–H groups in total. The second-order valence-electron chi connectivity index (χ2n) is 4.67. The third-order valence-corrected chi connectivity index (χ3v) is 3.16. The summed E-state index contributed by atoms with van der Waals surface area (Å²) in [6, 6.07) is 14.5. The zero-order chi connectivity index (χ0) is 15.1. The van der Waals surface area contributed by atoms with Crippen LogP contribution >= 0.6 is 0 Å². The molecule has 2 aromatic carbocycles. The summed E-state index contributed by atoms with van der Waals surface area (Å²) in [6.45, 7) is 0.635. The number of nitro groups is 1. The van der Waals surface area contributed by atoms with Crippen LogP contribution in [0.5, 0.6) is 0 Å². The molecule has 0 amide bonds. The fraction of sp³-hybridized carbons (Fsp3) is 0.188. The number of aldehydes is 1. The highest BCUT2D eigenvalue weighted by Crippen LogP contribution is 2.25. The summed E-state index contributed by atoms with van der Waals surface area (Å²) in [5, 5.41) is 14.1. The Bertz CT molecular complexity index is 627. The maximum absolute atomic E-state index is 11.0. The number of nitrogens with zero attached hydrogens (tertiary/aromatic N) is 1. The fourth-order valence-corrected chi connectivity index (χ4v) is 2.08. The molecule has 0 aromatic heterocycles. The van der Waals surface area contributed by atoms with Crippen LogP contribution in [0.1, 0.15) is 22.3 Å². The first kappa shape index (κ1) is 14.7. The molecule has 0 aliphatic carbocycles. The predicted molar refractivity (Wildman–Crippen MR) is 81.7 cm³/mol. The molecule has 0 bridgehead atoms. The van der Waals surface area contributed by atoms with Crippen molar-refractivity contribution in [2.75, 3.05) is 11.9 Å². The molecule has 0 atom stereocenters. The van der Waals surface area contributed by atoms with Crippen LogP contribution in [0, 0.1) is 10.1 Å². The van der Waals surface area contributed by atoms with Gasteiger partial charge < -0.3 is 5.32 Å². The third-order valence-electron chi connectivity index (χ3n) is 3.16. The Balaban J connectivity index is 1.93. The number of nitrogens with one attached hydrogen (secondary N) is 1. The molecule has 0 saturated carbocycles. The van der Waals surface area contributed by atoms with Crippen molar-refractivity contribution in [2.45, 2.75) is 12.8 Å². The van der Waals surface area contributed by atoms with E-state index in [9.17, 15) is 14.9 Å². The Morgan fingerprint density at radius 3 is 2.57 bits per heavy atom. The lowest BCUT2D eigenvalue weighted by molar-refractivity contribution is -0.384. The summed E-state index contributed by atoms with van der Waals surface area (Å²) in [6.07, 6.45) is 2.39. The van der Waals surface area contributed by atoms with E-state index in [1.807, 2.05) is 18.2 Å². The van der Waals surface area contributed by atoms with Gasteiger partial charge in [-0.25, -0.2) is 0 Å². The Hall–Kier alpha value is -2.69. The second-order valence-corrected chi connectivity index (χ2v) is 4.67. The van der Waals surface area contributed by atoms with E-state index in [0.29, 0.717) is 24.1 Å².